The summed E-state index contributed by atoms with van der Waals surface area (Å²) in [4.78, 5) is 0. The molecule has 0 aromatic rings. The fraction of sp³-hybridized carbons (Fsp3) is 0.385. The normalized spacial score (nSPS) is 11.8. The molecule has 0 aromatic heterocycles. The van der Waals surface area contributed by atoms with Crippen molar-refractivity contribution in [3.63, 3.8) is 0 Å². The molecule has 2 heteroatoms. The van der Waals surface area contributed by atoms with Crippen molar-refractivity contribution in [1.82, 2.24) is 0 Å². The molecule has 0 N–H and O–H groups in total. The summed E-state index contributed by atoms with van der Waals surface area (Å²) in [5.41, 5.74) is 3.97. The Hall–Kier alpha value is -0.340. The molecule has 0 unspecified atom stereocenters. The monoisotopic (exact) mass is 244 g/mol. The molecule has 88 valence electrons. The maximum absolute atomic E-state index is 2.16. The van der Waals surface area contributed by atoms with E-state index in [0.29, 0.717) is 0 Å². The zero-order valence-corrected chi connectivity index (χ0v) is 12.4. The van der Waals surface area contributed by atoms with Crippen LogP contribution in [0.2, 0.25) is 0 Å². The third kappa shape index (κ3) is 11.6. The molecule has 0 aliphatic carbocycles. The Morgan fingerprint density at radius 3 is 1.60 bits per heavy atom. The van der Waals surface area contributed by atoms with Crippen LogP contribution in [0.3, 0.4) is 0 Å². The molecule has 0 radical (unpaired) electrons. The van der Waals surface area contributed by atoms with E-state index in [4.69, 9.17) is 0 Å². The van der Waals surface area contributed by atoms with E-state index in [0.717, 1.165) is 0 Å². The highest BCUT2D eigenvalue weighted by Crippen LogP contribution is 2.08. The lowest BCUT2D eigenvalue weighted by Gasteiger charge is -1.97. The molecular weight excluding hydrogens is 220 g/mol. The Morgan fingerprint density at radius 1 is 0.733 bits per heavy atom. The van der Waals surface area contributed by atoms with Gasteiger partial charge in [0.15, 0.2) is 0 Å². The quantitative estimate of drug-likeness (QED) is 0.634. The van der Waals surface area contributed by atoms with Gasteiger partial charge >= 0.3 is 0 Å². The third-order valence-corrected chi connectivity index (χ3v) is 1.83. The first kappa shape index (κ1) is 20.1. The van der Waals surface area contributed by atoms with Gasteiger partial charge in [0.05, 0.1) is 0 Å². The highest BCUT2D eigenvalue weighted by atomic mass is 32.1. The minimum Gasteiger partial charge on any atom is -0.197 e. The average molecular weight is 244 g/mol. The van der Waals surface area contributed by atoms with E-state index in [1.165, 1.54) is 16.7 Å². The third-order valence-electron chi connectivity index (χ3n) is 1.83. The van der Waals surface area contributed by atoms with E-state index >= 15 is 0 Å². The first-order chi connectivity index (χ1) is 6.07. The second-order valence-electron chi connectivity index (χ2n) is 3.47. The van der Waals surface area contributed by atoms with Gasteiger partial charge in [0.2, 0.25) is 0 Å². The molecule has 0 rings (SSSR count). The summed E-state index contributed by atoms with van der Waals surface area (Å²) in [5.74, 6) is 0. The largest absolute Gasteiger partial charge is 0.197 e. The Kier molecular flexibility index (Phi) is 15.7. The van der Waals surface area contributed by atoms with E-state index in [-0.39, 0.29) is 27.0 Å². The van der Waals surface area contributed by atoms with Crippen LogP contribution in [0.1, 0.15) is 34.6 Å². The standard InChI is InChI=1S/C13H20.2H2S/c1-6-7-8-12(4)13(5)10-9-11(2)3;;/h6-10H,1-5H3;2*1H2/b7-6-,12-8+,13-10+;;. The Labute approximate surface area is 109 Å². The fourth-order valence-electron chi connectivity index (χ4n) is 0.795. The van der Waals surface area contributed by atoms with E-state index < -0.39 is 0 Å². The zero-order valence-electron chi connectivity index (χ0n) is 10.4. The predicted octanol–water partition coefficient (Wildman–Crippen LogP) is 4.65. The molecule has 0 atom stereocenters. The first-order valence-corrected chi connectivity index (χ1v) is 4.69. The van der Waals surface area contributed by atoms with Crippen LogP contribution < -0.4 is 0 Å². The summed E-state index contributed by atoms with van der Waals surface area (Å²) < 4.78 is 0. The van der Waals surface area contributed by atoms with Gasteiger partial charge in [-0.05, 0) is 45.8 Å². The van der Waals surface area contributed by atoms with Gasteiger partial charge in [0.25, 0.3) is 0 Å². The van der Waals surface area contributed by atoms with Gasteiger partial charge in [0, 0.05) is 0 Å². The zero-order chi connectivity index (χ0) is 10.3. The Balaban J connectivity index is -0.000000720. The lowest BCUT2D eigenvalue weighted by molar-refractivity contribution is 1.33. The molecule has 0 aliphatic rings. The molecule has 0 heterocycles. The maximum Gasteiger partial charge on any atom is -0.0395 e. The van der Waals surface area contributed by atoms with Gasteiger partial charge in [-0.25, -0.2) is 0 Å². The summed E-state index contributed by atoms with van der Waals surface area (Å²) in [7, 11) is 0. The summed E-state index contributed by atoms with van der Waals surface area (Å²) in [6.07, 6.45) is 10.5. The summed E-state index contributed by atoms with van der Waals surface area (Å²) in [6, 6.07) is 0. The molecular formula is C13H24S2. The van der Waals surface area contributed by atoms with E-state index in [9.17, 15) is 0 Å². The highest BCUT2D eigenvalue weighted by Gasteiger charge is 1.88. The van der Waals surface area contributed by atoms with Crippen LogP contribution in [0.4, 0.5) is 0 Å². The van der Waals surface area contributed by atoms with Crippen molar-refractivity contribution in [2.75, 3.05) is 0 Å². The van der Waals surface area contributed by atoms with Gasteiger partial charge < -0.3 is 0 Å². The van der Waals surface area contributed by atoms with Gasteiger partial charge in [0.1, 0.15) is 0 Å². The molecule has 0 saturated heterocycles. The van der Waals surface area contributed by atoms with Crippen LogP contribution in [0.25, 0.3) is 0 Å². The van der Waals surface area contributed by atoms with Crippen LogP contribution in [0.5, 0.6) is 0 Å². The van der Waals surface area contributed by atoms with Crippen LogP contribution in [0, 0.1) is 0 Å². The van der Waals surface area contributed by atoms with Crippen molar-refractivity contribution in [2.24, 2.45) is 0 Å². The number of hydrogen-bond donors (Lipinski definition) is 0. The molecule has 0 amide bonds. The van der Waals surface area contributed by atoms with E-state index in [1.54, 1.807) is 0 Å². The van der Waals surface area contributed by atoms with Crippen LogP contribution in [0.15, 0.2) is 47.1 Å². The van der Waals surface area contributed by atoms with Crippen molar-refractivity contribution >= 4 is 27.0 Å². The van der Waals surface area contributed by atoms with Crippen molar-refractivity contribution in [3.05, 3.63) is 47.1 Å². The van der Waals surface area contributed by atoms with Gasteiger partial charge in [-0.2, -0.15) is 27.0 Å². The second kappa shape index (κ2) is 11.7. The summed E-state index contributed by atoms with van der Waals surface area (Å²) in [6.45, 7) is 10.5. The highest BCUT2D eigenvalue weighted by molar-refractivity contribution is 7.59. The van der Waals surface area contributed by atoms with Crippen LogP contribution >= 0.6 is 27.0 Å². The molecule has 0 saturated carbocycles. The summed E-state index contributed by atoms with van der Waals surface area (Å²) >= 11 is 0. The number of allylic oxidation sites excluding steroid dienone is 8. The van der Waals surface area contributed by atoms with E-state index in [1.807, 2.05) is 13.0 Å². The molecule has 0 aliphatic heterocycles. The van der Waals surface area contributed by atoms with Gasteiger partial charge in [-0.15, -0.1) is 0 Å². The van der Waals surface area contributed by atoms with Crippen molar-refractivity contribution in [1.29, 1.82) is 0 Å². The van der Waals surface area contributed by atoms with E-state index in [2.05, 4.69) is 52.0 Å². The Morgan fingerprint density at radius 2 is 1.20 bits per heavy atom. The second-order valence-corrected chi connectivity index (χ2v) is 3.47. The average Bonchev–Trinajstić information content (AvgIpc) is 2.10. The molecule has 0 fully saturated rings. The lowest BCUT2D eigenvalue weighted by Crippen LogP contribution is -1.77. The number of hydrogen-bond acceptors (Lipinski definition) is 0. The SMILES string of the molecule is C\C=C/C=C(C)/C(C)=C/C=C(C)C.S.S. The topological polar surface area (TPSA) is 0 Å². The minimum absolute atomic E-state index is 0. The van der Waals surface area contributed by atoms with Crippen molar-refractivity contribution in [2.45, 2.75) is 34.6 Å². The molecule has 0 nitrogen and oxygen atoms in total. The molecule has 0 bridgehead atoms. The minimum atomic E-state index is 0. The first-order valence-electron chi connectivity index (χ1n) is 4.69. The number of rotatable bonds is 3. The van der Waals surface area contributed by atoms with Gasteiger partial charge in [-0.3, -0.25) is 0 Å². The fourth-order valence-corrected chi connectivity index (χ4v) is 0.795. The smallest absolute Gasteiger partial charge is 0.0395 e. The molecule has 0 aromatic carbocycles. The Bertz CT molecular complexity index is 264. The molecule has 15 heavy (non-hydrogen) atoms. The van der Waals surface area contributed by atoms with Crippen LogP contribution in [-0.2, 0) is 0 Å². The van der Waals surface area contributed by atoms with Crippen LogP contribution in [-0.4, -0.2) is 0 Å². The molecule has 0 spiro atoms. The predicted molar refractivity (Wildman–Crippen MR) is 82.5 cm³/mol. The summed E-state index contributed by atoms with van der Waals surface area (Å²) in [5, 5.41) is 0. The van der Waals surface area contributed by atoms with Crippen molar-refractivity contribution < 1.29 is 0 Å². The van der Waals surface area contributed by atoms with Gasteiger partial charge in [-0.1, -0.05) is 36.0 Å². The maximum atomic E-state index is 2.16. The van der Waals surface area contributed by atoms with Crippen molar-refractivity contribution in [3.8, 4) is 0 Å². The lowest BCUT2D eigenvalue weighted by atomic mass is 10.1.